The van der Waals surface area contributed by atoms with Gasteiger partial charge >= 0.3 is 12.0 Å². The third kappa shape index (κ3) is 7.01. The van der Waals surface area contributed by atoms with Gasteiger partial charge in [-0.1, -0.05) is 34.1 Å². The van der Waals surface area contributed by atoms with Crippen molar-refractivity contribution in [2.75, 3.05) is 20.3 Å². The van der Waals surface area contributed by atoms with E-state index in [0.717, 1.165) is 10.0 Å². The summed E-state index contributed by atoms with van der Waals surface area (Å²) in [7, 11) is 1.28. The van der Waals surface area contributed by atoms with Crippen LogP contribution in [0.4, 0.5) is 4.79 Å². The molecule has 0 unspecified atom stereocenters. The van der Waals surface area contributed by atoms with Crippen LogP contribution in [0.15, 0.2) is 79.9 Å². The van der Waals surface area contributed by atoms with Crippen molar-refractivity contribution in [3.8, 4) is 22.8 Å². The highest BCUT2D eigenvalue weighted by Gasteiger charge is 2.32. The lowest BCUT2D eigenvalue weighted by atomic mass is 9.95. The average molecular weight is 613 g/mol. The summed E-state index contributed by atoms with van der Waals surface area (Å²) >= 11 is 3.41. The number of furan rings is 1. The highest BCUT2D eigenvalue weighted by molar-refractivity contribution is 9.10. The van der Waals surface area contributed by atoms with Crippen molar-refractivity contribution in [2.45, 2.75) is 26.1 Å². The Morgan fingerprint density at radius 2 is 1.95 bits per heavy atom. The van der Waals surface area contributed by atoms with E-state index in [-0.39, 0.29) is 12.2 Å². The van der Waals surface area contributed by atoms with Crippen molar-refractivity contribution in [3.05, 3.63) is 81.7 Å². The molecule has 210 valence electrons. The van der Waals surface area contributed by atoms with E-state index in [1.54, 1.807) is 31.2 Å². The first kappa shape index (κ1) is 28.7. The highest BCUT2D eigenvalue weighted by Crippen LogP contribution is 2.35. The molecule has 0 aliphatic carbocycles. The van der Waals surface area contributed by atoms with Gasteiger partial charge in [-0.05, 0) is 55.8 Å². The minimum Gasteiger partial charge on any atom is -0.490 e. The Hall–Kier alpha value is -4.29. The average Bonchev–Trinajstić information content (AvgIpc) is 3.41. The second-order valence-electron chi connectivity index (χ2n) is 8.62. The topological polar surface area (TPSA) is 144 Å². The molecule has 12 heteroatoms. The van der Waals surface area contributed by atoms with Crippen molar-refractivity contribution in [1.29, 1.82) is 0 Å². The van der Waals surface area contributed by atoms with Crippen LogP contribution in [0, 0.1) is 0 Å². The molecule has 0 radical (unpaired) electrons. The number of carbonyl (C=O) groups excluding carboxylic acids is 2. The normalized spacial score (nSPS) is 15.8. The zero-order chi connectivity index (χ0) is 28.6. The zero-order valence-corrected chi connectivity index (χ0v) is 23.7. The summed E-state index contributed by atoms with van der Waals surface area (Å²) in [4.78, 5) is 24.5. The van der Waals surface area contributed by atoms with E-state index >= 15 is 0 Å². The molecule has 1 aliphatic rings. The van der Waals surface area contributed by atoms with Crippen LogP contribution in [0.1, 0.15) is 31.2 Å². The van der Waals surface area contributed by atoms with E-state index in [0.29, 0.717) is 40.9 Å². The lowest BCUT2D eigenvalue weighted by molar-refractivity contribution is -0.136. The minimum atomic E-state index is -1.13. The highest BCUT2D eigenvalue weighted by atomic mass is 79.9. The maximum atomic E-state index is 12.4. The Kier molecular flexibility index (Phi) is 9.46. The van der Waals surface area contributed by atoms with Gasteiger partial charge in [0.25, 0.3) is 0 Å². The van der Waals surface area contributed by atoms with E-state index in [9.17, 15) is 14.7 Å². The van der Waals surface area contributed by atoms with Gasteiger partial charge in [-0.2, -0.15) is 5.10 Å². The summed E-state index contributed by atoms with van der Waals surface area (Å²) < 4.78 is 23.1. The molecule has 0 fully saturated rings. The molecule has 0 saturated heterocycles. The van der Waals surface area contributed by atoms with E-state index in [4.69, 9.17) is 18.6 Å². The first-order valence-electron chi connectivity index (χ1n) is 12.4. The Morgan fingerprint density at radius 3 is 2.67 bits per heavy atom. The standard InChI is InChI=1S/C28H29BrN4O7/c1-4-38-23-13-18(26-25(27(35)37-3)16(2)31-28(36)32-26)7-11-22(23)39-15-24(34)33-30-14-20-10-12-21(40-20)17-5-8-19(29)9-6-17/h5-14,24,26,33-34H,4,15H2,1-3H3,(H2,31,32,36)/b30-14+/t24-,26+/m1/s1. The number of hydrogen-bond donors (Lipinski definition) is 4. The monoisotopic (exact) mass is 612 g/mol. The van der Waals surface area contributed by atoms with Crippen LogP contribution in [0.5, 0.6) is 11.5 Å². The van der Waals surface area contributed by atoms with Crippen molar-refractivity contribution >= 4 is 34.1 Å². The summed E-state index contributed by atoms with van der Waals surface area (Å²) in [6, 6.07) is 15.2. The number of urea groups is 1. The fraction of sp³-hybridized carbons (Fsp3) is 0.250. The van der Waals surface area contributed by atoms with Crippen LogP contribution in [0.2, 0.25) is 0 Å². The molecule has 2 atom stereocenters. The Balaban J connectivity index is 1.39. The molecular formula is C28H29BrN4O7. The summed E-state index contributed by atoms with van der Waals surface area (Å²) in [5.41, 5.74) is 4.78. The Morgan fingerprint density at radius 1 is 1.18 bits per heavy atom. The van der Waals surface area contributed by atoms with Gasteiger partial charge in [0.2, 0.25) is 0 Å². The van der Waals surface area contributed by atoms with Crippen LogP contribution < -0.4 is 25.5 Å². The van der Waals surface area contributed by atoms with Gasteiger partial charge in [-0.25, -0.2) is 9.59 Å². The number of methoxy groups -OCH3 is 1. The molecule has 11 nitrogen and oxygen atoms in total. The third-order valence-corrected chi connectivity index (χ3v) is 6.37. The minimum absolute atomic E-state index is 0.143. The van der Waals surface area contributed by atoms with Crippen molar-refractivity contribution < 1.29 is 33.3 Å². The number of aliphatic hydroxyl groups excluding tert-OH is 1. The molecule has 40 heavy (non-hydrogen) atoms. The molecule has 2 amide bonds. The van der Waals surface area contributed by atoms with Gasteiger partial charge in [-0.15, -0.1) is 0 Å². The number of amides is 2. The first-order valence-corrected chi connectivity index (χ1v) is 13.2. The van der Waals surface area contributed by atoms with Crippen molar-refractivity contribution in [1.82, 2.24) is 16.1 Å². The number of allylic oxidation sites excluding steroid dienone is 1. The quantitative estimate of drug-likeness (QED) is 0.109. The number of nitrogens with one attached hydrogen (secondary N) is 3. The molecule has 0 bridgehead atoms. The summed E-state index contributed by atoms with van der Waals surface area (Å²) in [6.45, 7) is 3.64. The smallest absolute Gasteiger partial charge is 0.337 e. The Labute approximate surface area is 239 Å². The van der Waals surface area contributed by atoms with Crippen molar-refractivity contribution in [2.24, 2.45) is 5.10 Å². The molecule has 4 N–H and O–H groups in total. The number of aliphatic hydroxyl groups is 1. The van der Waals surface area contributed by atoms with Crippen LogP contribution >= 0.6 is 15.9 Å². The van der Waals surface area contributed by atoms with Gasteiger partial charge in [0, 0.05) is 15.7 Å². The molecule has 3 aromatic rings. The SMILES string of the molecule is CCOc1cc([C@@H]2NC(=O)NC(C)=C2C(=O)OC)ccc1OC[C@@H](O)N/N=C/c1ccc(-c2ccc(Br)cc2)o1. The molecule has 2 aromatic carbocycles. The second kappa shape index (κ2) is 13.2. The summed E-state index contributed by atoms with van der Waals surface area (Å²) in [6.07, 6.45) is 0.319. The molecule has 4 rings (SSSR count). The van der Waals surface area contributed by atoms with E-state index in [2.05, 4.69) is 37.1 Å². The van der Waals surface area contributed by atoms with Crippen LogP contribution in [-0.4, -0.2) is 49.9 Å². The van der Waals surface area contributed by atoms with Gasteiger partial charge in [0.1, 0.15) is 18.1 Å². The molecular weight excluding hydrogens is 584 g/mol. The molecule has 0 saturated carbocycles. The fourth-order valence-electron chi connectivity index (χ4n) is 4.00. The number of benzene rings is 2. The van der Waals surface area contributed by atoms with E-state index in [1.165, 1.54) is 13.3 Å². The van der Waals surface area contributed by atoms with Crippen molar-refractivity contribution in [3.63, 3.8) is 0 Å². The number of hydrazone groups is 1. The van der Waals surface area contributed by atoms with E-state index in [1.807, 2.05) is 37.3 Å². The Bertz CT molecular complexity index is 1420. The number of carbonyl (C=O) groups is 2. The summed E-state index contributed by atoms with van der Waals surface area (Å²) in [5.74, 6) is 1.37. The predicted octanol–water partition coefficient (Wildman–Crippen LogP) is 4.23. The van der Waals surface area contributed by atoms with E-state index < -0.39 is 24.3 Å². The van der Waals surface area contributed by atoms with Crippen LogP contribution in [-0.2, 0) is 9.53 Å². The summed E-state index contributed by atoms with van der Waals surface area (Å²) in [5, 5.41) is 19.7. The first-order chi connectivity index (χ1) is 19.3. The van der Waals surface area contributed by atoms with Crippen LogP contribution in [0.3, 0.4) is 0 Å². The van der Waals surface area contributed by atoms with Gasteiger partial charge in [0.15, 0.2) is 17.7 Å². The lowest BCUT2D eigenvalue weighted by Gasteiger charge is -2.28. The number of halogens is 1. The zero-order valence-electron chi connectivity index (χ0n) is 22.1. The number of hydrogen-bond acceptors (Lipinski definition) is 9. The lowest BCUT2D eigenvalue weighted by Crippen LogP contribution is -2.45. The maximum Gasteiger partial charge on any atom is 0.337 e. The number of ether oxygens (including phenoxy) is 3. The third-order valence-electron chi connectivity index (χ3n) is 5.84. The number of nitrogens with zero attached hydrogens (tertiary/aromatic N) is 1. The second-order valence-corrected chi connectivity index (χ2v) is 9.54. The van der Waals surface area contributed by atoms with Gasteiger partial charge in [0.05, 0.1) is 31.5 Å². The maximum absolute atomic E-state index is 12.4. The molecule has 1 aliphatic heterocycles. The molecule has 2 heterocycles. The largest absolute Gasteiger partial charge is 0.490 e. The molecule has 1 aromatic heterocycles. The number of esters is 1. The van der Waals surface area contributed by atoms with Crippen LogP contribution in [0.25, 0.3) is 11.3 Å². The predicted molar refractivity (Wildman–Crippen MR) is 151 cm³/mol. The van der Waals surface area contributed by atoms with Gasteiger partial charge in [-0.3, -0.25) is 5.43 Å². The number of rotatable bonds is 11. The fourth-order valence-corrected chi connectivity index (χ4v) is 4.26. The van der Waals surface area contributed by atoms with Gasteiger partial charge < -0.3 is 34.4 Å². The molecule has 0 spiro atoms.